The number of benzene rings is 1. The number of amides is 1. The highest BCUT2D eigenvalue weighted by atomic mass is 32.2. The van der Waals surface area contributed by atoms with Crippen molar-refractivity contribution in [3.8, 4) is 16.9 Å². The Morgan fingerprint density at radius 3 is 2.48 bits per heavy atom. The number of rotatable bonds is 6. The standard InChI is InChI=1S/C20H20F3N5O2S/c1-12(11-31-3)25-18(29)16-8-17(13-4-6-14(7-5-13)20(21,22)23)26-28(19(16)30)15-9-24-27(2)10-15/h4-10,12H,11H2,1-3H3,(H,25,29). The fourth-order valence-electron chi connectivity index (χ4n) is 2.91. The van der Waals surface area contributed by atoms with Gasteiger partial charge in [-0.05, 0) is 31.4 Å². The molecule has 0 aliphatic carbocycles. The van der Waals surface area contributed by atoms with Crippen molar-refractivity contribution < 1.29 is 18.0 Å². The minimum absolute atomic E-state index is 0.165. The summed E-state index contributed by atoms with van der Waals surface area (Å²) in [6, 6.07) is 5.46. The Morgan fingerprint density at radius 1 is 1.26 bits per heavy atom. The molecule has 0 saturated heterocycles. The first kappa shape index (κ1) is 22.6. The molecule has 3 aromatic rings. The summed E-state index contributed by atoms with van der Waals surface area (Å²) in [5.74, 6) is 0.0686. The van der Waals surface area contributed by atoms with Gasteiger partial charge in [-0.3, -0.25) is 14.3 Å². The number of aryl methyl sites for hydroxylation is 1. The zero-order valence-corrected chi connectivity index (χ0v) is 17.8. The van der Waals surface area contributed by atoms with Gasteiger partial charge in [0.1, 0.15) is 11.3 Å². The first-order valence-corrected chi connectivity index (χ1v) is 10.6. The minimum Gasteiger partial charge on any atom is -0.349 e. The molecule has 0 aliphatic rings. The van der Waals surface area contributed by atoms with E-state index >= 15 is 0 Å². The number of hydrogen-bond donors (Lipinski definition) is 1. The van der Waals surface area contributed by atoms with Crippen molar-refractivity contribution in [2.45, 2.75) is 19.1 Å². The van der Waals surface area contributed by atoms with E-state index in [1.54, 1.807) is 25.0 Å². The predicted octanol–water partition coefficient (Wildman–Crippen LogP) is 3.13. The average molecular weight is 451 g/mol. The van der Waals surface area contributed by atoms with Gasteiger partial charge in [0.2, 0.25) is 0 Å². The van der Waals surface area contributed by atoms with Crippen LogP contribution in [-0.2, 0) is 13.2 Å². The molecule has 0 bridgehead atoms. The van der Waals surface area contributed by atoms with Gasteiger partial charge in [-0.15, -0.1) is 0 Å². The molecule has 0 fully saturated rings. The van der Waals surface area contributed by atoms with Crippen molar-refractivity contribution in [2.24, 2.45) is 7.05 Å². The van der Waals surface area contributed by atoms with E-state index in [1.165, 1.54) is 29.1 Å². The van der Waals surface area contributed by atoms with Crippen LogP contribution in [0.5, 0.6) is 0 Å². The molecule has 11 heteroatoms. The molecule has 1 amide bonds. The van der Waals surface area contributed by atoms with E-state index in [1.807, 2.05) is 13.2 Å². The molecule has 3 rings (SSSR count). The topological polar surface area (TPSA) is 81.8 Å². The van der Waals surface area contributed by atoms with Crippen LogP contribution < -0.4 is 10.9 Å². The lowest BCUT2D eigenvalue weighted by molar-refractivity contribution is -0.137. The van der Waals surface area contributed by atoms with Gasteiger partial charge in [-0.25, -0.2) is 0 Å². The highest BCUT2D eigenvalue weighted by molar-refractivity contribution is 7.98. The number of halogens is 3. The third-order valence-electron chi connectivity index (χ3n) is 4.39. The second-order valence-corrected chi connectivity index (χ2v) is 7.85. The zero-order valence-electron chi connectivity index (χ0n) is 17.0. The number of aromatic nitrogens is 4. The van der Waals surface area contributed by atoms with Crippen molar-refractivity contribution in [1.29, 1.82) is 0 Å². The van der Waals surface area contributed by atoms with E-state index in [4.69, 9.17) is 0 Å². The SMILES string of the molecule is CSCC(C)NC(=O)c1cc(-c2ccc(C(F)(F)F)cc2)nn(-c2cnn(C)c2)c1=O. The highest BCUT2D eigenvalue weighted by Crippen LogP contribution is 2.30. The molecule has 7 nitrogen and oxygen atoms in total. The van der Waals surface area contributed by atoms with Crippen molar-refractivity contribution in [2.75, 3.05) is 12.0 Å². The van der Waals surface area contributed by atoms with Crippen molar-refractivity contribution >= 4 is 17.7 Å². The molecule has 1 aromatic carbocycles. The summed E-state index contributed by atoms with van der Waals surface area (Å²) in [5, 5.41) is 11.0. The molecule has 0 spiro atoms. The molecule has 1 unspecified atom stereocenters. The molecular weight excluding hydrogens is 431 g/mol. The van der Waals surface area contributed by atoms with Gasteiger partial charge in [0.25, 0.3) is 11.5 Å². The number of carbonyl (C=O) groups is 1. The van der Waals surface area contributed by atoms with E-state index in [-0.39, 0.29) is 17.3 Å². The number of hydrogen-bond acceptors (Lipinski definition) is 5. The van der Waals surface area contributed by atoms with Crippen LogP contribution in [0.4, 0.5) is 13.2 Å². The van der Waals surface area contributed by atoms with Gasteiger partial charge in [0, 0.05) is 24.4 Å². The molecule has 0 radical (unpaired) electrons. The van der Waals surface area contributed by atoms with E-state index in [0.717, 1.165) is 16.8 Å². The van der Waals surface area contributed by atoms with Crippen LogP contribution in [0.2, 0.25) is 0 Å². The molecule has 1 atom stereocenters. The minimum atomic E-state index is -4.47. The van der Waals surface area contributed by atoms with Gasteiger partial charge >= 0.3 is 6.18 Å². The Balaban J connectivity index is 2.11. The molecule has 0 saturated carbocycles. The van der Waals surface area contributed by atoms with Crippen LogP contribution in [0.15, 0.2) is 47.5 Å². The third kappa shape index (κ3) is 5.16. The maximum Gasteiger partial charge on any atom is 0.416 e. The Labute approximate surface area is 180 Å². The van der Waals surface area contributed by atoms with Crippen LogP contribution >= 0.6 is 11.8 Å². The van der Waals surface area contributed by atoms with Crippen LogP contribution in [0.1, 0.15) is 22.8 Å². The van der Waals surface area contributed by atoms with E-state index < -0.39 is 23.2 Å². The third-order valence-corrected chi connectivity index (χ3v) is 5.23. The van der Waals surface area contributed by atoms with Gasteiger partial charge < -0.3 is 5.32 Å². The lowest BCUT2D eigenvalue weighted by atomic mass is 10.1. The monoisotopic (exact) mass is 451 g/mol. The smallest absolute Gasteiger partial charge is 0.349 e. The summed E-state index contributed by atoms with van der Waals surface area (Å²) in [6.45, 7) is 1.81. The zero-order chi connectivity index (χ0) is 22.8. The van der Waals surface area contributed by atoms with Crippen molar-refractivity contribution in [3.05, 3.63) is 64.2 Å². The lowest BCUT2D eigenvalue weighted by Gasteiger charge is -2.14. The second kappa shape index (κ2) is 8.96. The molecule has 164 valence electrons. The summed E-state index contributed by atoms with van der Waals surface area (Å²) >= 11 is 1.54. The Hall–Kier alpha value is -3.08. The number of nitrogens with zero attached hydrogens (tertiary/aromatic N) is 4. The normalized spacial score (nSPS) is 12.6. The van der Waals surface area contributed by atoms with Crippen LogP contribution in [-0.4, -0.2) is 43.5 Å². The number of carbonyl (C=O) groups excluding carboxylic acids is 1. The average Bonchev–Trinajstić information content (AvgIpc) is 3.13. The number of alkyl halides is 3. The van der Waals surface area contributed by atoms with Gasteiger partial charge in [-0.1, -0.05) is 12.1 Å². The molecule has 31 heavy (non-hydrogen) atoms. The summed E-state index contributed by atoms with van der Waals surface area (Å²) in [5.41, 5.74) is -0.788. The van der Waals surface area contributed by atoms with E-state index in [0.29, 0.717) is 17.0 Å². The predicted molar refractivity (Wildman–Crippen MR) is 112 cm³/mol. The summed E-state index contributed by atoms with van der Waals surface area (Å²) < 4.78 is 41.2. The highest BCUT2D eigenvalue weighted by Gasteiger charge is 2.30. The van der Waals surface area contributed by atoms with Crippen molar-refractivity contribution in [1.82, 2.24) is 24.9 Å². The Kier molecular flexibility index (Phi) is 6.54. The summed E-state index contributed by atoms with van der Waals surface area (Å²) in [7, 11) is 1.66. The summed E-state index contributed by atoms with van der Waals surface area (Å²) in [6.07, 6.45) is 0.373. The van der Waals surface area contributed by atoms with Gasteiger partial charge in [0.05, 0.1) is 23.7 Å². The first-order chi connectivity index (χ1) is 14.6. The Morgan fingerprint density at radius 2 is 1.94 bits per heavy atom. The molecule has 1 N–H and O–H groups in total. The van der Waals surface area contributed by atoms with Crippen molar-refractivity contribution in [3.63, 3.8) is 0 Å². The lowest BCUT2D eigenvalue weighted by Crippen LogP contribution is -2.39. The number of nitrogens with one attached hydrogen (secondary N) is 1. The van der Waals surface area contributed by atoms with E-state index in [9.17, 15) is 22.8 Å². The van der Waals surface area contributed by atoms with Gasteiger partial charge in [0.15, 0.2) is 0 Å². The quantitative estimate of drug-likeness (QED) is 0.623. The largest absolute Gasteiger partial charge is 0.416 e. The maximum atomic E-state index is 13.0. The molecule has 2 aromatic heterocycles. The summed E-state index contributed by atoms with van der Waals surface area (Å²) in [4.78, 5) is 25.8. The first-order valence-electron chi connectivity index (χ1n) is 9.21. The second-order valence-electron chi connectivity index (χ2n) is 6.94. The van der Waals surface area contributed by atoms with E-state index in [2.05, 4.69) is 15.5 Å². The fourth-order valence-corrected chi connectivity index (χ4v) is 3.50. The fraction of sp³-hybridized carbons (Fsp3) is 0.300. The molecular formula is C20H20F3N5O2S. The number of thioether (sulfide) groups is 1. The maximum absolute atomic E-state index is 13.0. The van der Waals surface area contributed by atoms with Crippen LogP contribution in [0, 0.1) is 0 Å². The molecule has 0 aliphatic heterocycles. The molecule has 2 heterocycles. The van der Waals surface area contributed by atoms with Crippen LogP contribution in [0.25, 0.3) is 16.9 Å². The van der Waals surface area contributed by atoms with Crippen LogP contribution in [0.3, 0.4) is 0 Å². The Bertz CT molecular complexity index is 1140. The van der Waals surface area contributed by atoms with Gasteiger partial charge in [-0.2, -0.15) is 39.8 Å².